The maximum absolute atomic E-state index is 13.1. The number of benzene rings is 1. The van der Waals surface area contributed by atoms with Crippen LogP contribution in [0.3, 0.4) is 0 Å². The van der Waals surface area contributed by atoms with Gasteiger partial charge >= 0.3 is 0 Å². The lowest BCUT2D eigenvalue weighted by molar-refractivity contribution is 0.455. The molecule has 2 nitrogen and oxygen atoms in total. The van der Waals surface area contributed by atoms with Gasteiger partial charge in [-0.3, -0.25) is 0 Å². The fourth-order valence-electron chi connectivity index (χ4n) is 1.10. The van der Waals surface area contributed by atoms with E-state index in [2.05, 4.69) is 20.9 Å². The second-order valence-corrected chi connectivity index (χ2v) is 4.23. The molecule has 0 aliphatic carbocycles. The lowest BCUT2D eigenvalue weighted by Gasteiger charge is -2.06. The first-order valence-corrected chi connectivity index (χ1v) is 5.57. The molecule has 1 aromatic heterocycles. The lowest BCUT2D eigenvalue weighted by atomic mass is 10.3. The molecular weight excluding hydrogens is 296 g/mol. The van der Waals surface area contributed by atoms with E-state index in [-0.39, 0.29) is 5.02 Å². The molecule has 5 heteroatoms. The van der Waals surface area contributed by atoms with Gasteiger partial charge in [-0.25, -0.2) is 9.37 Å². The third kappa shape index (κ3) is 2.51. The number of aromatic nitrogens is 1. The van der Waals surface area contributed by atoms with Crippen molar-refractivity contribution < 1.29 is 9.13 Å². The smallest absolute Gasteiger partial charge is 0.233 e. The lowest BCUT2D eigenvalue weighted by Crippen LogP contribution is -1.89. The first-order valence-electron chi connectivity index (χ1n) is 4.40. The minimum absolute atomic E-state index is 0.0624. The van der Waals surface area contributed by atoms with Crippen molar-refractivity contribution >= 4 is 27.5 Å². The van der Waals surface area contributed by atoms with Crippen LogP contribution in [0.5, 0.6) is 11.6 Å². The fraction of sp³-hybridized carbons (Fsp3) is 0. The summed E-state index contributed by atoms with van der Waals surface area (Å²) < 4.78 is 19.2. The predicted octanol–water partition coefficient (Wildman–Crippen LogP) is 4.43. The predicted molar refractivity (Wildman–Crippen MR) is 63.4 cm³/mol. The Bertz CT molecular complexity index is 521. The summed E-state index contributed by atoms with van der Waals surface area (Å²) in [5, 5.41) is 0.0624. The van der Waals surface area contributed by atoms with E-state index in [0.29, 0.717) is 16.1 Å². The van der Waals surface area contributed by atoms with Gasteiger partial charge in [0, 0.05) is 12.3 Å². The summed E-state index contributed by atoms with van der Waals surface area (Å²) in [4.78, 5) is 4.00. The number of pyridine rings is 1. The van der Waals surface area contributed by atoms with Crippen LogP contribution in [0, 0.1) is 5.82 Å². The molecule has 0 N–H and O–H groups in total. The Labute approximate surface area is 105 Å². The van der Waals surface area contributed by atoms with Crippen LogP contribution >= 0.6 is 27.5 Å². The zero-order valence-corrected chi connectivity index (χ0v) is 10.3. The molecule has 0 fully saturated rings. The van der Waals surface area contributed by atoms with Gasteiger partial charge in [0.1, 0.15) is 11.6 Å². The molecule has 16 heavy (non-hydrogen) atoms. The van der Waals surface area contributed by atoms with E-state index in [9.17, 15) is 4.39 Å². The number of halogens is 3. The highest BCUT2D eigenvalue weighted by Gasteiger charge is 2.06. The van der Waals surface area contributed by atoms with E-state index in [4.69, 9.17) is 16.3 Å². The maximum Gasteiger partial charge on any atom is 0.233 e. The Morgan fingerprint density at radius 2 is 2.12 bits per heavy atom. The quantitative estimate of drug-likeness (QED) is 0.819. The van der Waals surface area contributed by atoms with Gasteiger partial charge in [0.15, 0.2) is 0 Å². The number of rotatable bonds is 2. The van der Waals surface area contributed by atoms with E-state index >= 15 is 0 Å². The second kappa shape index (κ2) is 4.80. The number of hydrogen-bond acceptors (Lipinski definition) is 2. The molecule has 0 spiro atoms. The monoisotopic (exact) mass is 301 g/mol. The minimum Gasteiger partial charge on any atom is -0.438 e. The van der Waals surface area contributed by atoms with Crippen LogP contribution < -0.4 is 4.74 Å². The molecule has 82 valence electrons. The van der Waals surface area contributed by atoms with Crippen molar-refractivity contribution in [3.63, 3.8) is 0 Å². The van der Waals surface area contributed by atoms with Crippen molar-refractivity contribution in [2.75, 3.05) is 0 Å². The molecule has 0 aliphatic heterocycles. The van der Waals surface area contributed by atoms with Crippen molar-refractivity contribution in [2.24, 2.45) is 0 Å². The molecule has 0 unspecified atom stereocenters. The van der Waals surface area contributed by atoms with Crippen molar-refractivity contribution in [3.05, 3.63) is 51.8 Å². The Morgan fingerprint density at radius 1 is 1.31 bits per heavy atom. The van der Waals surface area contributed by atoms with Gasteiger partial charge in [-0.15, -0.1) is 0 Å². The summed E-state index contributed by atoms with van der Waals surface area (Å²) in [6.45, 7) is 0. The zero-order valence-electron chi connectivity index (χ0n) is 7.95. The summed E-state index contributed by atoms with van der Waals surface area (Å²) >= 11 is 8.84. The summed E-state index contributed by atoms with van der Waals surface area (Å²) in [6.07, 6.45) is 1.59. The fourth-order valence-corrected chi connectivity index (χ4v) is 1.55. The Balaban J connectivity index is 2.28. The molecule has 0 bridgehead atoms. The van der Waals surface area contributed by atoms with E-state index in [1.54, 1.807) is 24.4 Å². The van der Waals surface area contributed by atoms with Gasteiger partial charge in [-0.05, 0) is 40.2 Å². The summed E-state index contributed by atoms with van der Waals surface area (Å²) in [5.41, 5.74) is 0. The van der Waals surface area contributed by atoms with E-state index in [1.807, 2.05) is 0 Å². The van der Waals surface area contributed by atoms with Gasteiger partial charge in [0.05, 0.1) is 9.50 Å². The molecule has 0 amide bonds. The third-order valence-corrected chi connectivity index (χ3v) is 2.74. The van der Waals surface area contributed by atoms with Gasteiger partial charge in [0.25, 0.3) is 0 Å². The highest BCUT2D eigenvalue weighted by atomic mass is 79.9. The summed E-state index contributed by atoms with van der Waals surface area (Å²) in [5.74, 6) is 0.205. The maximum atomic E-state index is 13.1. The summed E-state index contributed by atoms with van der Waals surface area (Å²) in [6, 6.07) is 7.77. The first-order chi connectivity index (χ1) is 7.66. The molecule has 1 heterocycles. The molecule has 2 rings (SSSR count). The topological polar surface area (TPSA) is 22.1 Å². The van der Waals surface area contributed by atoms with Crippen LogP contribution in [0.4, 0.5) is 4.39 Å². The second-order valence-electron chi connectivity index (χ2n) is 2.97. The molecule has 0 aliphatic rings. The standard InChI is InChI=1S/C11H6BrClFNO/c12-8-2-1-5-15-11(8)16-7-3-4-9(13)10(14)6-7/h1-6H. The van der Waals surface area contributed by atoms with E-state index in [1.165, 1.54) is 12.1 Å². The average molecular weight is 303 g/mol. The van der Waals surface area contributed by atoms with Crippen LogP contribution in [0.2, 0.25) is 5.02 Å². The number of ether oxygens (including phenoxy) is 1. The summed E-state index contributed by atoms with van der Waals surface area (Å²) in [7, 11) is 0. The van der Waals surface area contributed by atoms with E-state index in [0.717, 1.165) is 0 Å². The van der Waals surface area contributed by atoms with Gasteiger partial charge in [-0.2, -0.15) is 0 Å². The Morgan fingerprint density at radius 3 is 2.81 bits per heavy atom. The van der Waals surface area contributed by atoms with Crippen LogP contribution in [0.15, 0.2) is 41.0 Å². The van der Waals surface area contributed by atoms with Crippen molar-refractivity contribution in [2.45, 2.75) is 0 Å². The zero-order chi connectivity index (χ0) is 11.5. The van der Waals surface area contributed by atoms with Crippen molar-refractivity contribution in [1.82, 2.24) is 4.98 Å². The molecule has 0 saturated heterocycles. The van der Waals surface area contributed by atoms with Gasteiger partial charge in [0.2, 0.25) is 5.88 Å². The van der Waals surface area contributed by atoms with Crippen molar-refractivity contribution in [1.29, 1.82) is 0 Å². The van der Waals surface area contributed by atoms with Crippen LogP contribution in [-0.2, 0) is 0 Å². The molecule has 0 radical (unpaired) electrons. The molecular formula is C11H6BrClFNO. The third-order valence-electron chi connectivity index (χ3n) is 1.83. The Kier molecular flexibility index (Phi) is 3.41. The first kappa shape index (κ1) is 11.4. The van der Waals surface area contributed by atoms with Crippen LogP contribution in [0.25, 0.3) is 0 Å². The van der Waals surface area contributed by atoms with Crippen LogP contribution in [-0.4, -0.2) is 4.98 Å². The average Bonchev–Trinajstić information content (AvgIpc) is 2.27. The Hall–Kier alpha value is -1.13. The molecule has 2 aromatic rings. The SMILES string of the molecule is Fc1cc(Oc2ncccc2Br)ccc1Cl. The highest BCUT2D eigenvalue weighted by Crippen LogP contribution is 2.28. The minimum atomic E-state index is -0.522. The molecule has 0 saturated carbocycles. The number of nitrogens with zero attached hydrogens (tertiary/aromatic N) is 1. The van der Waals surface area contributed by atoms with Gasteiger partial charge < -0.3 is 4.74 Å². The molecule has 1 aromatic carbocycles. The van der Waals surface area contributed by atoms with Crippen LogP contribution in [0.1, 0.15) is 0 Å². The normalized spacial score (nSPS) is 10.2. The van der Waals surface area contributed by atoms with E-state index < -0.39 is 5.82 Å². The van der Waals surface area contributed by atoms with Crippen molar-refractivity contribution in [3.8, 4) is 11.6 Å². The number of hydrogen-bond donors (Lipinski definition) is 0. The highest BCUT2D eigenvalue weighted by molar-refractivity contribution is 9.10. The largest absolute Gasteiger partial charge is 0.438 e. The van der Waals surface area contributed by atoms with Gasteiger partial charge in [-0.1, -0.05) is 11.6 Å². The molecule has 0 atom stereocenters.